The van der Waals surface area contributed by atoms with E-state index < -0.39 is 0 Å². The maximum Gasteiger partial charge on any atom is 0.293 e. The summed E-state index contributed by atoms with van der Waals surface area (Å²) in [6.07, 6.45) is 0. The first kappa shape index (κ1) is 15.6. The maximum atomic E-state index is 12.4. The molecular formula is C17H18N2O3S. The molecule has 0 unspecified atom stereocenters. The minimum Gasteiger partial charge on any atom is -0.493 e. The standard InChI is InChI=1S/C17H18N2O3S/c1-17(2,3)13-9-23-16(18-13)19-15(20)12-8-10-6-5-7-11(21-4)14(10)22-12/h5-9H,1-4H3,(H,18,19,20). The van der Waals surface area contributed by atoms with Crippen molar-refractivity contribution in [3.63, 3.8) is 0 Å². The van der Waals surface area contributed by atoms with E-state index in [0.29, 0.717) is 16.5 Å². The van der Waals surface area contributed by atoms with Crippen LogP contribution >= 0.6 is 11.3 Å². The molecule has 3 rings (SSSR count). The second kappa shape index (κ2) is 5.70. The van der Waals surface area contributed by atoms with Gasteiger partial charge in [-0.15, -0.1) is 11.3 Å². The third-order valence-corrected chi connectivity index (χ3v) is 4.20. The van der Waals surface area contributed by atoms with Crippen LogP contribution in [-0.4, -0.2) is 18.0 Å². The van der Waals surface area contributed by atoms with Gasteiger partial charge in [0, 0.05) is 16.2 Å². The van der Waals surface area contributed by atoms with Crippen molar-refractivity contribution in [2.45, 2.75) is 26.2 Å². The van der Waals surface area contributed by atoms with E-state index in [9.17, 15) is 4.79 Å². The fraction of sp³-hybridized carbons (Fsp3) is 0.294. The molecule has 2 heterocycles. The molecule has 2 aromatic heterocycles. The van der Waals surface area contributed by atoms with Gasteiger partial charge in [-0.1, -0.05) is 32.9 Å². The number of fused-ring (bicyclic) bond motifs is 1. The zero-order valence-electron chi connectivity index (χ0n) is 13.5. The molecule has 0 saturated carbocycles. The third kappa shape index (κ3) is 3.07. The van der Waals surface area contributed by atoms with Crippen molar-refractivity contribution in [3.05, 3.63) is 41.1 Å². The Hall–Kier alpha value is -2.34. The summed E-state index contributed by atoms with van der Waals surface area (Å²) in [5.74, 6) is 0.515. The summed E-state index contributed by atoms with van der Waals surface area (Å²) in [7, 11) is 1.57. The van der Waals surface area contributed by atoms with Crippen LogP contribution in [-0.2, 0) is 5.41 Å². The van der Waals surface area contributed by atoms with Gasteiger partial charge in [-0.3, -0.25) is 10.1 Å². The van der Waals surface area contributed by atoms with Crippen molar-refractivity contribution < 1.29 is 13.9 Å². The molecule has 1 amide bonds. The number of amides is 1. The van der Waals surface area contributed by atoms with Gasteiger partial charge in [0.25, 0.3) is 5.91 Å². The molecule has 0 fully saturated rings. The van der Waals surface area contributed by atoms with Crippen LogP contribution in [0.1, 0.15) is 37.0 Å². The summed E-state index contributed by atoms with van der Waals surface area (Å²) in [5, 5.41) is 6.12. The van der Waals surface area contributed by atoms with Crippen LogP contribution in [0.3, 0.4) is 0 Å². The summed E-state index contributed by atoms with van der Waals surface area (Å²) in [4.78, 5) is 16.8. The van der Waals surface area contributed by atoms with Gasteiger partial charge in [0.15, 0.2) is 22.2 Å². The smallest absolute Gasteiger partial charge is 0.293 e. The normalized spacial score (nSPS) is 11.7. The number of carbonyl (C=O) groups is 1. The first-order valence-corrected chi connectivity index (χ1v) is 8.10. The number of carbonyl (C=O) groups excluding carboxylic acids is 1. The van der Waals surface area contributed by atoms with Crippen LogP contribution in [0.4, 0.5) is 5.13 Å². The second-order valence-corrected chi connectivity index (χ2v) is 7.09. The highest BCUT2D eigenvalue weighted by molar-refractivity contribution is 7.14. The molecule has 0 aliphatic carbocycles. The summed E-state index contributed by atoms with van der Waals surface area (Å²) in [6, 6.07) is 7.23. The molecule has 23 heavy (non-hydrogen) atoms. The molecule has 0 bridgehead atoms. The van der Waals surface area contributed by atoms with Crippen molar-refractivity contribution in [2.24, 2.45) is 0 Å². The first-order valence-electron chi connectivity index (χ1n) is 7.22. The number of aromatic nitrogens is 1. The van der Waals surface area contributed by atoms with Gasteiger partial charge in [0.05, 0.1) is 12.8 Å². The lowest BCUT2D eigenvalue weighted by atomic mass is 9.93. The maximum absolute atomic E-state index is 12.4. The Labute approximate surface area is 138 Å². The van der Waals surface area contributed by atoms with Gasteiger partial charge >= 0.3 is 0 Å². The van der Waals surface area contributed by atoms with E-state index in [1.165, 1.54) is 11.3 Å². The highest BCUT2D eigenvalue weighted by atomic mass is 32.1. The van der Waals surface area contributed by atoms with E-state index in [4.69, 9.17) is 9.15 Å². The van der Waals surface area contributed by atoms with Gasteiger partial charge in [0.2, 0.25) is 0 Å². The Morgan fingerprint density at radius 3 is 2.78 bits per heavy atom. The summed E-state index contributed by atoms with van der Waals surface area (Å²) in [5.41, 5.74) is 1.46. The van der Waals surface area contributed by atoms with Gasteiger partial charge in [0.1, 0.15) is 0 Å². The van der Waals surface area contributed by atoms with Gasteiger partial charge < -0.3 is 9.15 Å². The van der Waals surface area contributed by atoms with Gasteiger partial charge in [-0.25, -0.2) is 4.98 Å². The summed E-state index contributed by atoms with van der Waals surface area (Å²) in [6.45, 7) is 6.25. The average Bonchev–Trinajstić information content (AvgIpc) is 3.12. The number of nitrogens with zero attached hydrogens (tertiary/aromatic N) is 1. The predicted molar refractivity (Wildman–Crippen MR) is 91.5 cm³/mol. The molecule has 1 N–H and O–H groups in total. The number of hydrogen-bond acceptors (Lipinski definition) is 5. The molecule has 1 aromatic carbocycles. The summed E-state index contributed by atoms with van der Waals surface area (Å²) < 4.78 is 10.9. The number of methoxy groups -OCH3 is 1. The molecule has 0 radical (unpaired) electrons. The monoisotopic (exact) mass is 330 g/mol. The fourth-order valence-electron chi connectivity index (χ4n) is 2.14. The molecule has 6 heteroatoms. The number of thiazole rings is 1. The van der Waals surface area contributed by atoms with Crippen LogP contribution in [0.5, 0.6) is 5.75 Å². The van der Waals surface area contributed by atoms with Crippen LogP contribution < -0.4 is 10.1 Å². The number of furan rings is 1. The molecule has 0 saturated heterocycles. The van der Waals surface area contributed by atoms with Crippen molar-refractivity contribution in [2.75, 3.05) is 12.4 Å². The molecule has 120 valence electrons. The lowest BCUT2D eigenvalue weighted by molar-refractivity contribution is 0.0998. The second-order valence-electron chi connectivity index (χ2n) is 6.23. The lowest BCUT2D eigenvalue weighted by Gasteiger charge is -2.14. The minimum atomic E-state index is -0.321. The van der Waals surface area contributed by atoms with E-state index in [2.05, 4.69) is 31.1 Å². The zero-order valence-corrected chi connectivity index (χ0v) is 14.3. The van der Waals surface area contributed by atoms with Gasteiger partial charge in [-0.05, 0) is 12.1 Å². The number of anilines is 1. The SMILES string of the molecule is COc1cccc2cc(C(=O)Nc3nc(C(C)(C)C)cs3)oc12. The largest absolute Gasteiger partial charge is 0.493 e. The fourth-order valence-corrected chi connectivity index (χ4v) is 3.08. The number of nitrogens with one attached hydrogen (secondary N) is 1. The van der Waals surface area contributed by atoms with E-state index in [-0.39, 0.29) is 17.1 Å². The number of hydrogen-bond donors (Lipinski definition) is 1. The Bertz CT molecular complexity index is 858. The lowest BCUT2D eigenvalue weighted by Crippen LogP contribution is -2.13. The van der Waals surface area contributed by atoms with Crippen LogP contribution in [0.2, 0.25) is 0 Å². The van der Waals surface area contributed by atoms with Crippen molar-refractivity contribution in [1.82, 2.24) is 4.98 Å². The Kier molecular flexibility index (Phi) is 3.85. The van der Waals surface area contributed by atoms with Gasteiger partial charge in [-0.2, -0.15) is 0 Å². The van der Waals surface area contributed by atoms with Crippen molar-refractivity contribution in [3.8, 4) is 5.75 Å². The molecule has 0 aliphatic heterocycles. The highest BCUT2D eigenvalue weighted by Crippen LogP contribution is 2.30. The number of ether oxygens (including phenoxy) is 1. The molecule has 0 atom stereocenters. The van der Waals surface area contributed by atoms with E-state index >= 15 is 0 Å². The van der Waals surface area contributed by atoms with E-state index in [1.807, 2.05) is 17.5 Å². The average molecular weight is 330 g/mol. The Morgan fingerprint density at radius 1 is 1.35 bits per heavy atom. The number of benzene rings is 1. The Morgan fingerprint density at radius 2 is 2.13 bits per heavy atom. The molecule has 3 aromatic rings. The number of rotatable bonds is 3. The van der Waals surface area contributed by atoms with E-state index in [1.54, 1.807) is 19.2 Å². The Balaban J connectivity index is 1.85. The van der Waals surface area contributed by atoms with Crippen molar-refractivity contribution >= 4 is 33.3 Å². The minimum absolute atomic E-state index is 0.0494. The molecule has 0 aliphatic rings. The summed E-state index contributed by atoms with van der Waals surface area (Å²) >= 11 is 1.40. The predicted octanol–water partition coefficient (Wildman–Crippen LogP) is 4.45. The van der Waals surface area contributed by atoms with E-state index in [0.717, 1.165) is 11.1 Å². The molecule has 5 nitrogen and oxygen atoms in total. The van der Waals surface area contributed by atoms with Crippen molar-refractivity contribution in [1.29, 1.82) is 0 Å². The van der Waals surface area contributed by atoms with Crippen LogP contribution in [0.25, 0.3) is 11.0 Å². The molecule has 0 spiro atoms. The third-order valence-electron chi connectivity index (χ3n) is 3.44. The van der Waals surface area contributed by atoms with Crippen LogP contribution in [0, 0.1) is 0 Å². The molecular weight excluding hydrogens is 312 g/mol. The zero-order chi connectivity index (χ0) is 16.6. The topological polar surface area (TPSA) is 64.4 Å². The van der Waals surface area contributed by atoms with Crippen LogP contribution in [0.15, 0.2) is 34.1 Å². The first-order chi connectivity index (χ1) is 10.9. The quantitative estimate of drug-likeness (QED) is 0.770. The highest BCUT2D eigenvalue weighted by Gasteiger charge is 2.20. The number of para-hydroxylation sites is 1.